The summed E-state index contributed by atoms with van der Waals surface area (Å²) in [5.41, 5.74) is -0.371. The van der Waals surface area contributed by atoms with E-state index in [4.69, 9.17) is 0 Å². The molecule has 0 aliphatic heterocycles. The number of rotatable bonds is 7. The number of hydrogen-bond acceptors (Lipinski definition) is 6. The van der Waals surface area contributed by atoms with Crippen LogP contribution in [0, 0.1) is 5.41 Å². The van der Waals surface area contributed by atoms with Crippen LogP contribution in [-0.2, 0) is 31.1 Å². The molecule has 1 aromatic carbocycles. The molecule has 0 aromatic heterocycles. The van der Waals surface area contributed by atoms with Crippen molar-refractivity contribution in [1.29, 1.82) is 0 Å². The Kier molecular flexibility index (Phi) is 7.09. The minimum Gasteiger partial charge on any atom is -0.468 e. The van der Waals surface area contributed by atoms with Gasteiger partial charge in [0.05, 0.1) is 13.7 Å². The van der Waals surface area contributed by atoms with Gasteiger partial charge in [-0.2, -0.15) is 12.7 Å². The van der Waals surface area contributed by atoms with Gasteiger partial charge in [-0.1, -0.05) is 51.1 Å². The molecule has 0 bridgehead atoms. The zero-order chi connectivity index (χ0) is 19.3. The van der Waals surface area contributed by atoms with Crippen LogP contribution in [0.3, 0.4) is 0 Å². The smallest absolute Gasteiger partial charge is 0.326 e. The van der Waals surface area contributed by atoms with E-state index in [9.17, 15) is 23.1 Å². The monoisotopic (exact) mass is 372 g/mol. The van der Waals surface area contributed by atoms with E-state index < -0.39 is 40.1 Å². The molecule has 0 heterocycles. The summed E-state index contributed by atoms with van der Waals surface area (Å²) in [6.45, 7) is 3.67. The molecule has 1 amide bonds. The molecule has 0 spiro atoms. The first-order chi connectivity index (χ1) is 11.5. The molecule has 0 saturated carbocycles. The van der Waals surface area contributed by atoms with Crippen molar-refractivity contribution in [2.45, 2.75) is 33.4 Å². The summed E-state index contributed by atoms with van der Waals surface area (Å²) in [5, 5.41) is 9.51. The van der Waals surface area contributed by atoms with Gasteiger partial charge in [0.2, 0.25) is 5.91 Å². The Morgan fingerprint density at radius 1 is 1.24 bits per heavy atom. The Hall–Kier alpha value is -1.97. The van der Waals surface area contributed by atoms with Gasteiger partial charge >= 0.3 is 16.2 Å². The van der Waals surface area contributed by atoms with Crippen molar-refractivity contribution in [3.63, 3.8) is 0 Å². The van der Waals surface area contributed by atoms with E-state index >= 15 is 0 Å². The minimum absolute atomic E-state index is 0.214. The SMILES string of the molecule is COC(=O)[C@H](CO)N(Cc1ccccc1)S(=O)(=O)NC(=O)C(C)(C)C. The summed E-state index contributed by atoms with van der Waals surface area (Å²) in [7, 11) is -3.31. The Labute approximate surface area is 148 Å². The highest BCUT2D eigenvalue weighted by molar-refractivity contribution is 7.87. The van der Waals surface area contributed by atoms with Crippen LogP contribution in [0.2, 0.25) is 0 Å². The average molecular weight is 372 g/mol. The van der Waals surface area contributed by atoms with E-state index in [1.54, 1.807) is 51.1 Å². The number of amides is 1. The van der Waals surface area contributed by atoms with E-state index in [1.165, 1.54) is 0 Å². The number of hydrogen-bond donors (Lipinski definition) is 2. The Morgan fingerprint density at radius 2 is 1.80 bits per heavy atom. The second kappa shape index (κ2) is 8.41. The first-order valence-electron chi connectivity index (χ1n) is 7.59. The fraction of sp³-hybridized carbons (Fsp3) is 0.500. The van der Waals surface area contributed by atoms with Crippen molar-refractivity contribution in [3.8, 4) is 0 Å². The zero-order valence-corrected chi connectivity index (χ0v) is 15.5. The molecule has 0 radical (unpaired) electrons. The number of carbonyl (C=O) groups excluding carboxylic acids is 2. The zero-order valence-electron chi connectivity index (χ0n) is 14.7. The maximum Gasteiger partial charge on any atom is 0.326 e. The van der Waals surface area contributed by atoms with Crippen LogP contribution in [0.4, 0.5) is 0 Å². The Bertz CT molecular complexity index is 697. The van der Waals surface area contributed by atoms with Gasteiger partial charge in [0.1, 0.15) is 6.04 Å². The molecular weight excluding hydrogens is 348 g/mol. The van der Waals surface area contributed by atoms with Crippen molar-refractivity contribution in [2.75, 3.05) is 13.7 Å². The van der Waals surface area contributed by atoms with Crippen LogP contribution >= 0.6 is 0 Å². The van der Waals surface area contributed by atoms with Crippen LogP contribution in [0.5, 0.6) is 0 Å². The van der Waals surface area contributed by atoms with Gasteiger partial charge in [-0.3, -0.25) is 9.59 Å². The molecule has 140 valence electrons. The molecule has 25 heavy (non-hydrogen) atoms. The Balaban J connectivity index is 3.24. The van der Waals surface area contributed by atoms with Gasteiger partial charge in [-0.25, -0.2) is 4.72 Å². The van der Waals surface area contributed by atoms with Gasteiger partial charge in [-0.05, 0) is 5.56 Å². The van der Waals surface area contributed by atoms with E-state index in [0.29, 0.717) is 5.56 Å². The summed E-state index contributed by atoms with van der Waals surface area (Å²) in [5.74, 6) is -1.65. The molecule has 0 fully saturated rings. The van der Waals surface area contributed by atoms with E-state index in [-0.39, 0.29) is 6.54 Å². The number of aliphatic hydroxyl groups is 1. The lowest BCUT2D eigenvalue weighted by molar-refractivity contribution is -0.146. The second-order valence-corrected chi connectivity index (χ2v) is 8.06. The predicted octanol–water partition coefficient (Wildman–Crippen LogP) is 0.430. The van der Waals surface area contributed by atoms with Crippen molar-refractivity contribution in [2.24, 2.45) is 5.41 Å². The van der Waals surface area contributed by atoms with Gasteiger partial charge in [0, 0.05) is 12.0 Å². The lowest BCUT2D eigenvalue weighted by atomic mass is 9.96. The van der Waals surface area contributed by atoms with Gasteiger partial charge < -0.3 is 9.84 Å². The fourth-order valence-electron chi connectivity index (χ4n) is 1.87. The van der Waals surface area contributed by atoms with E-state index in [1.807, 2.05) is 4.72 Å². The predicted molar refractivity (Wildman–Crippen MR) is 91.4 cm³/mol. The topological polar surface area (TPSA) is 113 Å². The lowest BCUT2D eigenvalue weighted by Crippen LogP contribution is -2.54. The number of ether oxygens (including phenoxy) is 1. The standard InChI is InChI=1S/C16H24N2O6S/c1-16(2,3)15(21)17-25(22,23)18(13(11-19)14(20)24-4)10-12-8-6-5-7-9-12/h5-9,13,19H,10-11H2,1-4H3,(H,17,21)/t13-/m0/s1. The summed E-state index contributed by atoms with van der Waals surface area (Å²) in [6.07, 6.45) is 0. The molecule has 2 N–H and O–H groups in total. The quantitative estimate of drug-likeness (QED) is 0.671. The molecule has 1 rings (SSSR count). The first kappa shape index (κ1) is 21.1. The minimum atomic E-state index is -4.40. The van der Waals surface area contributed by atoms with Gasteiger partial charge in [-0.15, -0.1) is 0 Å². The third-order valence-electron chi connectivity index (χ3n) is 3.39. The highest BCUT2D eigenvalue weighted by Crippen LogP contribution is 2.17. The number of methoxy groups -OCH3 is 1. The average Bonchev–Trinajstić information content (AvgIpc) is 2.54. The van der Waals surface area contributed by atoms with Crippen LogP contribution in [0.1, 0.15) is 26.3 Å². The molecule has 0 unspecified atom stereocenters. The second-order valence-electron chi connectivity index (χ2n) is 6.44. The molecule has 8 nitrogen and oxygen atoms in total. The third-order valence-corrected chi connectivity index (χ3v) is 4.83. The van der Waals surface area contributed by atoms with Crippen LogP contribution in [0.25, 0.3) is 0 Å². The highest BCUT2D eigenvalue weighted by Gasteiger charge is 2.38. The maximum absolute atomic E-state index is 12.7. The third kappa shape index (κ3) is 5.80. The maximum atomic E-state index is 12.7. The summed E-state index contributed by atoms with van der Waals surface area (Å²) in [4.78, 5) is 24.0. The molecular formula is C16H24N2O6S. The molecule has 1 aromatic rings. The fourth-order valence-corrected chi connectivity index (χ4v) is 3.34. The van der Waals surface area contributed by atoms with Crippen LogP contribution in [0.15, 0.2) is 30.3 Å². The number of esters is 1. The van der Waals surface area contributed by atoms with Crippen molar-refractivity contribution >= 4 is 22.1 Å². The summed E-state index contributed by atoms with van der Waals surface area (Å²) in [6, 6.07) is 7.03. The number of benzene rings is 1. The summed E-state index contributed by atoms with van der Waals surface area (Å²) < 4.78 is 32.6. The normalized spacial score (nSPS) is 13.4. The molecule has 9 heteroatoms. The number of nitrogens with one attached hydrogen (secondary N) is 1. The molecule has 0 aliphatic carbocycles. The largest absolute Gasteiger partial charge is 0.468 e. The molecule has 1 atom stereocenters. The first-order valence-corrected chi connectivity index (χ1v) is 9.03. The number of carbonyl (C=O) groups is 2. The van der Waals surface area contributed by atoms with Crippen molar-refractivity contribution in [3.05, 3.63) is 35.9 Å². The number of aliphatic hydroxyl groups excluding tert-OH is 1. The van der Waals surface area contributed by atoms with Crippen molar-refractivity contribution in [1.82, 2.24) is 9.03 Å². The van der Waals surface area contributed by atoms with Crippen molar-refractivity contribution < 1.29 is 27.9 Å². The van der Waals surface area contributed by atoms with Crippen LogP contribution < -0.4 is 4.72 Å². The molecule has 0 saturated heterocycles. The highest BCUT2D eigenvalue weighted by atomic mass is 32.2. The van der Waals surface area contributed by atoms with Crippen LogP contribution in [-0.4, -0.2) is 49.5 Å². The van der Waals surface area contributed by atoms with E-state index in [2.05, 4.69) is 4.74 Å². The van der Waals surface area contributed by atoms with E-state index in [0.717, 1.165) is 11.4 Å². The van der Waals surface area contributed by atoms with Gasteiger partial charge in [0.25, 0.3) is 0 Å². The lowest BCUT2D eigenvalue weighted by Gasteiger charge is -2.29. The summed E-state index contributed by atoms with van der Waals surface area (Å²) >= 11 is 0. The molecule has 0 aliphatic rings. The van der Waals surface area contributed by atoms with Gasteiger partial charge in [0.15, 0.2) is 0 Å². The Morgan fingerprint density at radius 3 is 2.24 bits per heavy atom. The number of nitrogens with zero attached hydrogens (tertiary/aromatic N) is 1.